The van der Waals surface area contributed by atoms with Crippen LogP contribution >= 0.6 is 11.6 Å². The molecule has 0 bridgehead atoms. The van der Waals surface area contributed by atoms with E-state index in [9.17, 15) is 14.7 Å². The number of phenols is 1. The molecule has 0 aliphatic heterocycles. The molecule has 0 saturated carbocycles. The van der Waals surface area contributed by atoms with E-state index in [0.29, 0.717) is 35.8 Å². The number of hydrogen-bond acceptors (Lipinski definition) is 3. The monoisotopic (exact) mass is 347 g/mol. The fraction of sp³-hybridized carbons (Fsp3) is 0.176. The molecule has 2 aromatic carbocycles. The number of rotatable bonds is 6. The van der Waals surface area contributed by atoms with Gasteiger partial charge in [0.25, 0.3) is 5.91 Å². The van der Waals surface area contributed by atoms with Crippen LogP contribution in [0.4, 0.5) is 10.5 Å². The smallest absolute Gasteiger partial charge is 0.319 e. The minimum atomic E-state index is -0.359. The summed E-state index contributed by atoms with van der Waals surface area (Å²) in [5.74, 6) is -0.230. The summed E-state index contributed by atoms with van der Waals surface area (Å²) in [5, 5.41) is 17.8. The van der Waals surface area contributed by atoms with Crippen molar-refractivity contribution >= 4 is 29.2 Å². The molecule has 2 rings (SSSR count). The molecule has 126 valence electrons. The zero-order valence-electron chi connectivity index (χ0n) is 12.9. The number of urea groups is 1. The Morgan fingerprint density at radius 3 is 2.50 bits per heavy atom. The summed E-state index contributed by atoms with van der Waals surface area (Å²) in [4.78, 5) is 23.6. The maximum Gasteiger partial charge on any atom is 0.319 e. The molecule has 0 heterocycles. The van der Waals surface area contributed by atoms with E-state index >= 15 is 0 Å². The van der Waals surface area contributed by atoms with Crippen molar-refractivity contribution in [2.75, 3.05) is 18.4 Å². The molecule has 6 nitrogen and oxygen atoms in total. The normalized spacial score (nSPS) is 10.0. The Hall–Kier alpha value is -2.73. The van der Waals surface area contributed by atoms with Gasteiger partial charge < -0.3 is 21.1 Å². The number of carbonyl (C=O) groups excluding carboxylic acids is 2. The quantitative estimate of drug-likeness (QED) is 0.605. The Kier molecular flexibility index (Phi) is 6.45. The van der Waals surface area contributed by atoms with Crippen LogP contribution in [0.15, 0.2) is 48.5 Å². The third kappa shape index (κ3) is 5.48. The Bertz CT molecular complexity index is 722. The average molecular weight is 348 g/mol. The molecule has 0 spiro atoms. The predicted octanol–water partition coefficient (Wildman–Crippen LogP) is 2.99. The van der Waals surface area contributed by atoms with Crippen LogP contribution in [0.5, 0.6) is 5.75 Å². The molecule has 7 heteroatoms. The SMILES string of the molecule is O=C(NCCCNC(=O)c1cccc(O)c1)Nc1ccccc1Cl. The van der Waals surface area contributed by atoms with Crippen LogP contribution < -0.4 is 16.0 Å². The summed E-state index contributed by atoms with van der Waals surface area (Å²) in [6.45, 7) is 0.803. The molecule has 24 heavy (non-hydrogen) atoms. The highest BCUT2D eigenvalue weighted by Crippen LogP contribution is 2.19. The van der Waals surface area contributed by atoms with E-state index in [0.717, 1.165) is 0 Å². The minimum absolute atomic E-state index is 0.0422. The predicted molar refractivity (Wildman–Crippen MR) is 93.5 cm³/mol. The van der Waals surface area contributed by atoms with Gasteiger partial charge in [0.2, 0.25) is 0 Å². The lowest BCUT2D eigenvalue weighted by Gasteiger charge is -2.09. The van der Waals surface area contributed by atoms with E-state index in [4.69, 9.17) is 11.6 Å². The van der Waals surface area contributed by atoms with Crippen LogP contribution in [0, 0.1) is 0 Å². The van der Waals surface area contributed by atoms with Gasteiger partial charge in [-0.1, -0.05) is 29.8 Å². The largest absolute Gasteiger partial charge is 0.508 e. The van der Waals surface area contributed by atoms with Crippen molar-refractivity contribution in [2.24, 2.45) is 0 Å². The van der Waals surface area contributed by atoms with Crippen LogP contribution in [0.1, 0.15) is 16.8 Å². The number of nitrogens with one attached hydrogen (secondary N) is 3. The van der Waals surface area contributed by atoms with Crippen LogP contribution in [-0.4, -0.2) is 30.1 Å². The fourth-order valence-electron chi connectivity index (χ4n) is 1.97. The summed E-state index contributed by atoms with van der Waals surface area (Å²) in [6.07, 6.45) is 0.570. The molecule has 0 radical (unpaired) electrons. The van der Waals surface area contributed by atoms with E-state index in [1.807, 2.05) is 0 Å². The highest BCUT2D eigenvalue weighted by molar-refractivity contribution is 6.33. The van der Waals surface area contributed by atoms with Gasteiger partial charge >= 0.3 is 6.03 Å². The minimum Gasteiger partial charge on any atom is -0.508 e. The number of benzene rings is 2. The first-order valence-corrected chi connectivity index (χ1v) is 7.80. The number of amides is 3. The number of aromatic hydroxyl groups is 1. The number of anilines is 1. The number of carbonyl (C=O) groups is 2. The van der Waals surface area contributed by atoms with Gasteiger partial charge in [-0.25, -0.2) is 4.79 Å². The number of phenolic OH excluding ortho intramolecular Hbond substituents is 1. The standard InChI is InChI=1S/C17H18ClN3O3/c18-14-7-1-2-8-15(14)21-17(24)20-10-4-9-19-16(23)12-5-3-6-13(22)11-12/h1-3,5-8,11,22H,4,9-10H2,(H,19,23)(H2,20,21,24). The van der Waals surface area contributed by atoms with E-state index in [2.05, 4.69) is 16.0 Å². The van der Waals surface area contributed by atoms with Gasteiger partial charge in [0.15, 0.2) is 0 Å². The molecule has 4 N–H and O–H groups in total. The molecule has 2 aromatic rings. The van der Waals surface area contributed by atoms with Crippen molar-refractivity contribution in [3.8, 4) is 5.75 Å². The molecule has 0 aliphatic rings. The van der Waals surface area contributed by atoms with Gasteiger partial charge in [0.05, 0.1) is 10.7 Å². The molecular weight excluding hydrogens is 330 g/mol. The van der Waals surface area contributed by atoms with Gasteiger partial charge in [-0.3, -0.25) is 4.79 Å². The average Bonchev–Trinajstić information content (AvgIpc) is 2.56. The molecule has 0 saturated heterocycles. The summed E-state index contributed by atoms with van der Waals surface area (Å²) in [6, 6.07) is 12.7. The summed E-state index contributed by atoms with van der Waals surface area (Å²) in [7, 11) is 0. The van der Waals surface area contributed by atoms with Crippen molar-refractivity contribution in [3.05, 3.63) is 59.1 Å². The maximum absolute atomic E-state index is 11.8. The number of para-hydroxylation sites is 1. The Morgan fingerprint density at radius 2 is 1.75 bits per heavy atom. The second-order valence-electron chi connectivity index (χ2n) is 5.02. The zero-order valence-corrected chi connectivity index (χ0v) is 13.6. The molecule has 0 atom stereocenters. The Balaban J connectivity index is 1.65. The van der Waals surface area contributed by atoms with E-state index in [1.165, 1.54) is 12.1 Å². The van der Waals surface area contributed by atoms with Crippen LogP contribution in [0.25, 0.3) is 0 Å². The van der Waals surface area contributed by atoms with Gasteiger partial charge in [-0.15, -0.1) is 0 Å². The number of hydrogen-bond donors (Lipinski definition) is 4. The first-order valence-electron chi connectivity index (χ1n) is 7.43. The molecule has 0 unspecified atom stereocenters. The van der Waals surface area contributed by atoms with E-state index < -0.39 is 0 Å². The Labute approximate surface area is 144 Å². The van der Waals surface area contributed by atoms with E-state index in [-0.39, 0.29) is 17.7 Å². The van der Waals surface area contributed by atoms with Gasteiger partial charge in [0, 0.05) is 18.7 Å². The molecule has 0 fully saturated rings. The fourth-order valence-corrected chi connectivity index (χ4v) is 2.15. The topological polar surface area (TPSA) is 90.5 Å². The van der Waals surface area contributed by atoms with E-state index in [1.54, 1.807) is 36.4 Å². The molecule has 0 aromatic heterocycles. The van der Waals surface area contributed by atoms with Gasteiger partial charge in [0.1, 0.15) is 5.75 Å². The molecular formula is C17H18ClN3O3. The Morgan fingerprint density at radius 1 is 1.00 bits per heavy atom. The van der Waals surface area contributed by atoms with Crippen LogP contribution in [0.2, 0.25) is 5.02 Å². The van der Waals surface area contributed by atoms with Crippen LogP contribution in [-0.2, 0) is 0 Å². The number of halogens is 1. The second-order valence-corrected chi connectivity index (χ2v) is 5.43. The van der Waals surface area contributed by atoms with Crippen molar-refractivity contribution in [2.45, 2.75) is 6.42 Å². The third-order valence-corrected chi connectivity index (χ3v) is 3.48. The lowest BCUT2D eigenvalue weighted by atomic mass is 10.2. The van der Waals surface area contributed by atoms with Crippen molar-refractivity contribution in [1.29, 1.82) is 0 Å². The molecule has 0 aliphatic carbocycles. The highest BCUT2D eigenvalue weighted by Gasteiger charge is 2.06. The summed E-state index contributed by atoms with van der Waals surface area (Å²) >= 11 is 5.95. The third-order valence-electron chi connectivity index (χ3n) is 3.16. The van der Waals surface area contributed by atoms with Gasteiger partial charge in [-0.05, 0) is 36.8 Å². The van der Waals surface area contributed by atoms with Crippen LogP contribution in [0.3, 0.4) is 0 Å². The summed E-state index contributed by atoms with van der Waals surface area (Å²) < 4.78 is 0. The zero-order chi connectivity index (χ0) is 17.4. The molecule has 3 amide bonds. The lowest BCUT2D eigenvalue weighted by molar-refractivity contribution is 0.0953. The second kappa shape index (κ2) is 8.79. The first-order chi connectivity index (χ1) is 11.6. The maximum atomic E-state index is 11.8. The van der Waals surface area contributed by atoms with Crippen molar-refractivity contribution < 1.29 is 14.7 Å². The highest BCUT2D eigenvalue weighted by atomic mass is 35.5. The first kappa shape index (κ1) is 17.6. The van der Waals surface area contributed by atoms with Crippen molar-refractivity contribution in [1.82, 2.24) is 10.6 Å². The summed E-state index contributed by atoms with van der Waals surface area (Å²) in [5.41, 5.74) is 0.924. The lowest BCUT2D eigenvalue weighted by Crippen LogP contribution is -2.32. The van der Waals surface area contributed by atoms with Crippen molar-refractivity contribution in [3.63, 3.8) is 0 Å². The van der Waals surface area contributed by atoms with Gasteiger partial charge in [-0.2, -0.15) is 0 Å².